The maximum Gasteiger partial charge on any atom is 0.150 e. The lowest BCUT2D eigenvalue weighted by Gasteiger charge is -2.13. The lowest BCUT2D eigenvalue weighted by molar-refractivity contribution is 0.282. The Morgan fingerprint density at radius 2 is 1.85 bits per heavy atom. The standard InChI is InChI=1S/C21H26O4S/c1-2-26(23,24)12-4-11-25-19-9-10-20-18(14-19)6-3-5-17-8-7-16(15-22)13-21(17)20/h7-10,13-14,22H,2-6,11-12,15H2,1H3. The molecule has 2 aromatic carbocycles. The average molecular weight is 375 g/mol. The smallest absolute Gasteiger partial charge is 0.150 e. The quantitative estimate of drug-likeness (QED) is 0.753. The Hall–Kier alpha value is -1.85. The van der Waals surface area contributed by atoms with Crippen LogP contribution in [0.15, 0.2) is 36.4 Å². The fraction of sp³-hybridized carbons (Fsp3) is 0.429. The van der Waals surface area contributed by atoms with Gasteiger partial charge in [0.15, 0.2) is 0 Å². The largest absolute Gasteiger partial charge is 0.494 e. The van der Waals surface area contributed by atoms with Crippen molar-refractivity contribution in [2.24, 2.45) is 0 Å². The van der Waals surface area contributed by atoms with E-state index in [1.54, 1.807) is 6.92 Å². The number of ether oxygens (including phenoxy) is 1. The zero-order valence-corrected chi connectivity index (χ0v) is 16.0. The first-order valence-corrected chi connectivity index (χ1v) is 11.0. The van der Waals surface area contributed by atoms with Gasteiger partial charge in [-0.2, -0.15) is 0 Å². The van der Waals surface area contributed by atoms with Crippen LogP contribution in [-0.4, -0.2) is 31.6 Å². The number of sulfone groups is 1. The Kier molecular flexibility index (Phi) is 5.99. The zero-order chi connectivity index (χ0) is 18.6. The first-order chi connectivity index (χ1) is 12.5. The molecule has 0 aliphatic heterocycles. The second-order valence-corrected chi connectivity index (χ2v) is 9.23. The molecule has 0 fully saturated rings. The highest BCUT2D eigenvalue weighted by molar-refractivity contribution is 7.91. The highest BCUT2D eigenvalue weighted by atomic mass is 32.2. The molecule has 0 heterocycles. The summed E-state index contributed by atoms with van der Waals surface area (Å²) in [7, 11) is -2.93. The van der Waals surface area contributed by atoms with E-state index in [4.69, 9.17) is 4.74 Å². The van der Waals surface area contributed by atoms with Gasteiger partial charge in [-0.1, -0.05) is 25.1 Å². The average Bonchev–Trinajstić information content (AvgIpc) is 2.83. The van der Waals surface area contributed by atoms with Crippen LogP contribution in [0, 0.1) is 0 Å². The van der Waals surface area contributed by atoms with Crippen LogP contribution in [0.1, 0.15) is 36.5 Å². The number of hydrogen-bond donors (Lipinski definition) is 1. The molecule has 1 aliphatic rings. The van der Waals surface area contributed by atoms with Crippen molar-refractivity contribution in [3.63, 3.8) is 0 Å². The van der Waals surface area contributed by atoms with Gasteiger partial charge in [0, 0.05) is 5.75 Å². The number of aliphatic hydroxyl groups is 1. The normalized spacial score (nSPS) is 13.6. The third-order valence-electron chi connectivity index (χ3n) is 4.92. The summed E-state index contributed by atoms with van der Waals surface area (Å²) >= 11 is 0. The topological polar surface area (TPSA) is 63.6 Å². The molecule has 0 saturated carbocycles. The molecule has 3 rings (SSSR count). The molecule has 0 radical (unpaired) electrons. The van der Waals surface area contributed by atoms with Crippen molar-refractivity contribution in [1.29, 1.82) is 0 Å². The first-order valence-electron chi connectivity index (χ1n) is 9.21. The monoisotopic (exact) mass is 374 g/mol. The van der Waals surface area contributed by atoms with Crippen molar-refractivity contribution in [2.45, 2.75) is 39.2 Å². The molecular weight excluding hydrogens is 348 g/mol. The number of rotatable bonds is 7. The van der Waals surface area contributed by atoms with Crippen molar-refractivity contribution in [2.75, 3.05) is 18.1 Å². The van der Waals surface area contributed by atoms with Gasteiger partial charge in [0.1, 0.15) is 15.6 Å². The summed E-state index contributed by atoms with van der Waals surface area (Å²) in [6, 6.07) is 12.3. The second-order valence-electron chi connectivity index (χ2n) is 6.76. The zero-order valence-electron chi connectivity index (χ0n) is 15.2. The SMILES string of the molecule is CCS(=O)(=O)CCCOc1ccc2c(c1)CCCc1ccc(CO)cc1-2. The Labute approximate surface area is 155 Å². The number of aliphatic hydroxyl groups excluding tert-OH is 1. The summed E-state index contributed by atoms with van der Waals surface area (Å²) in [6.07, 6.45) is 3.60. The molecule has 0 amide bonds. The minimum Gasteiger partial charge on any atom is -0.494 e. The molecule has 0 saturated heterocycles. The van der Waals surface area contributed by atoms with Gasteiger partial charge in [0.2, 0.25) is 0 Å². The van der Waals surface area contributed by atoms with Crippen molar-refractivity contribution >= 4 is 9.84 Å². The van der Waals surface area contributed by atoms with Gasteiger partial charge in [-0.25, -0.2) is 8.42 Å². The molecule has 0 spiro atoms. The third-order valence-corrected chi connectivity index (χ3v) is 6.71. The molecule has 2 aromatic rings. The fourth-order valence-corrected chi connectivity index (χ4v) is 4.25. The van der Waals surface area contributed by atoms with E-state index in [1.807, 2.05) is 12.1 Å². The molecular formula is C21H26O4S. The third kappa shape index (κ3) is 4.46. The molecule has 4 nitrogen and oxygen atoms in total. The Morgan fingerprint density at radius 3 is 2.62 bits per heavy atom. The van der Waals surface area contributed by atoms with Crippen LogP contribution in [0.4, 0.5) is 0 Å². The summed E-state index contributed by atoms with van der Waals surface area (Å²) in [5.74, 6) is 1.15. The fourth-order valence-electron chi connectivity index (χ4n) is 3.40. The predicted molar refractivity (Wildman–Crippen MR) is 104 cm³/mol. The highest BCUT2D eigenvalue weighted by Crippen LogP contribution is 2.35. The van der Waals surface area contributed by atoms with E-state index in [0.717, 1.165) is 30.6 Å². The summed E-state index contributed by atoms with van der Waals surface area (Å²) in [4.78, 5) is 0. The Balaban J connectivity index is 1.75. The van der Waals surface area contributed by atoms with Gasteiger partial charge >= 0.3 is 0 Å². The van der Waals surface area contributed by atoms with E-state index in [2.05, 4.69) is 24.3 Å². The van der Waals surface area contributed by atoms with Crippen LogP contribution in [0.3, 0.4) is 0 Å². The lowest BCUT2D eigenvalue weighted by atomic mass is 9.95. The molecule has 0 unspecified atom stereocenters. The maximum atomic E-state index is 11.5. The van der Waals surface area contributed by atoms with Gasteiger partial charge < -0.3 is 9.84 Å². The van der Waals surface area contributed by atoms with Crippen molar-refractivity contribution in [3.05, 3.63) is 53.1 Å². The van der Waals surface area contributed by atoms with Gasteiger partial charge in [0.25, 0.3) is 0 Å². The lowest BCUT2D eigenvalue weighted by Crippen LogP contribution is -2.11. The summed E-state index contributed by atoms with van der Waals surface area (Å²) in [6.45, 7) is 2.12. The molecule has 5 heteroatoms. The van der Waals surface area contributed by atoms with Gasteiger partial charge in [-0.05, 0) is 71.7 Å². The van der Waals surface area contributed by atoms with E-state index >= 15 is 0 Å². The van der Waals surface area contributed by atoms with Crippen LogP contribution >= 0.6 is 0 Å². The Bertz CT molecular complexity index is 872. The molecule has 0 atom stereocenters. The predicted octanol–water partition coefficient (Wildman–Crippen LogP) is 3.54. The van der Waals surface area contributed by atoms with E-state index in [1.165, 1.54) is 22.3 Å². The van der Waals surface area contributed by atoms with Crippen LogP contribution in [0.5, 0.6) is 5.75 Å². The van der Waals surface area contributed by atoms with Crippen LogP contribution in [-0.2, 0) is 29.3 Å². The van der Waals surface area contributed by atoms with E-state index in [0.29, 0.717) is 13.0 Å². The van der Waals surface area contributed by atoms with E-state index < -0.39 is 9.84 Å². The minimum atomic E-state index is -2.93. The van der Waals surface area contributed by atoms with Crippen molar-refractivity contribution in [3.8, 4) is 16.9 Å². The van der Waals surface area contributed by atoms with Crippen LogP contribution < -0.4 is 4.74 Å². The van der Waals surface area contributed by atoms with Crippen LogP contribution in [0.25, 0.3) is 11.1 Å². The summed E-state index contributed by atoms with van der Waals surface area (Å²) in [5.41, 5.74) is 5.89. The molecule has 1 N–H and O–H groups in total. The Morgan fingerprint density at radius 1 is 1.04 bits per heavy atom. The van der Waals surface area contributed by atoms with Gasteiger partial charge in [0.05, 0.1) is 19.0 Å². The van der Waals surface area contributed by atoms with E-state index in [-0.39, 0.29) is 18.1 Å². The molecule has 140 valence electrons. The number of fused-ring (bicyclic) bond motifs is 3. The van der Waals surface area contributed by atoms with Crippen molar-refractivity contribution in [1.82, 2.24) is 0 Å². The van der Waals surface area contributed by atoms with Gasteiger partial charge in [-0.3, -0.25) is 0 Å². The molecule has 0 aromatic heterocycles. The molecule has 1 aliphatic carbocycles. The first kappa shape index (κ1) is 18.9. The summed E-state index contributed by atoms with van der Waals surface area (Å²) in [5, 5.41) is 9.43. The molecule has 26 heavy (non-hydrogen) atoms. The van der Waals surface area contributed by atoms with E-state index in [9.17, 15) is 13.5 Å². The van der Waals surface area contributed by atoms with Gasteiger partial charge in [-0.15, -0.1) is 0 Å². The minimum absolute atomic E-state index is 0.0461. The highest BCUT2D eigenvalue weighted by Gasteiger charge is 2.16. The maximum absolute atomic E-state index is 11.5. The number of benzene rings is 2. The second kappa shape index (κ2) is 8.23. The number of aryl methyl sites for hydroxylation is 2. The van der Waals surface area contributed by atoms with Crippen LogP contribution in [0.2, 0.25) is 0 Å². The summed E-state index contributed by atoms with van der Waals surface area (Å²) < 4.78 is 28.9. The molecule has 0 bridgehead atoms. The number of hydrogen-bond acceptors (Lipinski definition) is 4. The van der Waals surface area contributed by atoms with Crippen molar-refractivity contribution < 1.29 is 18.3 Å².